The van der Waals surface area contributed by atoms with Crippen molar-refractivity contribution in [3.8, 4) is 5.69 Å². The molecule has 30 heavy (non-hydrogen) atoms. The van der Waals surface area contributed by atoms with Crippen molar-refractivity contribution >= 4 is 18.0 Å². The van der Waals surface area contributed by atoms with E-state index in [2.05, 4.69) is 10.4 Å². The number of ether oxygens (including phenoxy) is 1. The number of nitrogens with zero attached hydrogens (tertiary/aromatic N) is 2. The fraction of sp³-hybridized carbons (Fsp3) is 0.174. The number of carbonyl (C=O) groups is 2. The van der Waals surface area contributed by atoms with Gasteiger partial charge in [-0.2, -0.15) is 5.10 Å². The molecular weight excluding hydrogens is 385 g/mol. The summed E-state index contributed by atoms with van der Waals surface area (Å²) < 4.78 is 19.7. The normalized spacial score (nSPS) is 10.9. The van der Waals surface area contributed by atoms with E-state index in [0.29, 0.717) is 0 Å². The molecule has 0 unspecified atom stereocenters. The summed E-state index contributed by atoms with van der Waals surface area (Å²) in [5, 5.41) is 7.13. The van der Waals surface area contributed by atoms with Gasteiger partial charge >= 0.3 is 5.97 Å². The third-order valence-corrected chi connectivity index (χ3v) is 4.48. The number of aryl methyl sites for hydroxylation is 1. The molecule has 1 heterocycles. The number of esters is 1. The van der Waals surface area contributed by atoms with E-state index in [1.165, 1.54) is 18.2 Å². The number of nitrogens with one attached hydrogen (secondary N) is 1. The van der Waals surface area contributed by atoms with Crippen LogP contribution in [0.1, 0.15) is 22.5 Å². The van der Waals surface area contributed by atoms with Gasteiger partial charge in [-0.15, -0.1) is 0 Å². The van der Waals surface area contributed by atoms with E-state index in [4.69, 9.17) is 4.74 Å². The van der Waals surface area contributed by atoms with E-state index in [1.54, 1.807) is 18.2 Å². The fourth-order valence-electron chi connectivity index (χ4n) is 2.91. The molecule has 0 atom stereocenters. The first-order chi connectivity index (χ1) is 14.4. The summed E-state index contributed by atoms with van der Waals surface area (Å²) in [6.07, 6.45) is 2.91. The van der Waals surface area contributed by atoms with Crippen molar-refractivity contribution in [2.45, 2.75) is 20.4 Å². The lowest BCUT2D eigenvalue weighted by molar-refractivity contribution is -0.143. The lowest BCUT2D eigenvalue weighted by atomic mass is 10.2. The minimum atomic E-state index is -0.627. The predicted octanol–water partition coefficient (Wildman–Crippen LogP) is 3.50. The molecule has 7 heteroatoms. The zero-order valence-corrected chi connectivity index (χ0v) is 16.8. The zero-order valence-electron chi connectivity index (χ0n) is 16.8. The number of carbonyl (C=O) groups excluding carboxylic acids is 2. The van der Waals surface area contributed by atoms with Gasteiger partial charge in [-0.3, -0.25) is 4.79 Å². The Balaban J connectivity index is 1.53. The Morgan fingerprint density at radius 3 is 2.50 bits per heavy atom. The second kappa shape index (κ2) is 9.65. The number of para-hydroxylation sites is 1. The number of halogens is 1. The predicted molar refractivity (Wildman–Crippen MR) is 111 cm³/mol. The molecule has 1 aromatic heterocycles. The molecule has 3 aromatic rings. The molecule has 0 aliphatic rings. The van der Waals surface area contributed by atoms with Crippen LogP contribution in [0.3, 0.4) is 0 Å². The van der Waals surface area contributed by atoms with Crippen molar-refractivity contribution in [1.29, 1.82) is 0 Å². The van der Waals surface area contributed by atoms with E-state index in [-0.39, 0.29) is 12.4 Å². The molecule has 0 saturated carbocycles. The maximum atomic E-state index is 12.9. The van der Waals surface area contributed by atoms with Crippen LogP contribution in [-0.4, -0.2) is 28.3 Å². The standard InChI is InChI=1S/C23H22FN3O3/c1-16-21(17(2)27(26-16)20-6-4-3-5-7-20)12-13-23(29)30-15-22(28)25-14-18-8-10-19(24)11-9-18/h3-13H,14-15H2,1-2H3,(H,25,28)/b13-12+. The van der Waals surface area contributed by atoms with Gasteiger partial charge in [-0.1, -0.05) is 30.3 Å². The van der Waals surface area contributed by atoms with E-state index in [1.807, 2.05) is 48.9 Å². The van der Waals surface area contributed by atoms with Crippen LogP contribution in [0.2, 0.25) is 0 Å². The summed E-state index contributed by atoms with van der Waals surface area (Å²) in [5.74, 6) is -1.41. The second-order valence-corrected chi connectivity index (χ2v) is 6.68. The Morgan fingerprint density at radius 2 is 1.80 bits per heavy atom. The van der Waals surface area contributed by atoms with E-state index in [9.17, 15) is 14.0 Å². The van der Waals surface area contributed by atoms with Gasteiger partial charge in [-0.25, -0.2) is 13.9 Å². The van der Waals surface area contributed by atoms with Crippen LogP contribution in [-0.2, 0) is 20.9 Å². The molecule has 154 valence electrons. The van der Waals surface area contributed by atoms with Crippen molar-refractivity contribution in [3.63, 3.8) is 0 Å². The molecule has 6 nitrogen and oxygen atoms in total. The van der Waals surface area contributed by atoms with E-state index >= 15 is 0 Å². The van der Waals surface area contributed by atoms with Crippen LogP contribution < -0.4 is 5.32 Å². The van der Waals surface area contributed by atoms with Gasteiger partial charge < -0.3 is 10.1 Å². The summed E-state index contributed by atoms with van der Waals surface area (Å²) in [6, 6.07) is 15.5. The lowest BCUT2D eigenvalue weighted by Gasteiger charge is -2.05. The Hall–Kier alpha value is -3.74. The van der Waals surface area contributed by atoms with E-state index < -0.39 is 18.5 Å². The average Bonchev–Trinajstić information content (AvgIpc) is 3.04. The Labute approximate surface area is 174 Å². The Morgan fingerprint density at radius 1 is 1.10 bits per heavy atom. The first kappa shape index (κ1) is 21.0. The Bertz CT molecular complexity index is 1060. The van der Waals surface area contributed by atoms with Gasteiger partial charge in [0.15, 0.2) is 6.61 Å². The monoisotopic (exact) mass is 407 g/mol. The molecule has 0 bridgehead atoms. The zero-order chi connectivity index (χ0) is 21.5. The van der Waals surface area contributed by atoms with Crippen molar-refractivity contribution in [3.05, 3.63) is 89.0 Å². The minimum Gasteiger partial charge on any atom is -0.452 e. The molecular formula is C23H22FN3O3. The fourth-order valence-corrected chi connectivity index (χ4v) is 2.91. The number of hydrogen-bond donors (Lipinski definition) is 1. The van der Waals surface area contributed by atoms with Gasteiger partial charge in [0.1, 0.15) is 5.82 Å². The highest BCUT2D eigenvalue weighted by molar-refractivity contribution is 5.89. The van der Waals surface area contributed by atoms with Crippen LogP contribution in [0.5, 0.6) is 0 Å². The largest absolute Gasteiger partial charge is 0.452 e. The van der Waals surface area contributed by atoms with Crippen LogP contribution in [0.25, 0.3) is 11.8 Å². The molecule has 1 N–H and O–H groups in total. The molecule has 0 radical (unpaired) electrons. The Kier molecular flexibility index (Phi) is 6.75. The quantitative estimate of drug-likeness (QED) is 0.481. The molecule has 3 rings (SSSR count). The van der Waals surface area contributed by atoms with Crippen molar-refractivity contribution in [2.24, 2.45) is 0 Å². The maximum Gasteiger partial charge on any atom is 0.331 e. The summed E-state index contributed by atoms with van der Waals surface area (Å²) in [4.78, 5) is 23.8. The number of amides is 1. The highest BCUT2D eigenvalue weighted by atomic mass is 19.1. The molecule has 0 fully saturated rings. The summed E-state index contributed by atoms with van der Waals surface area (Å²) in [7, 11) is 0. The van der Waals surface area contributed by atoms with E-state index in [0.717, 1.165) is 28.2 Å². The number of rotatable bonds is 7. The highest BCUT2D eigenvalue weighted by Gasteiger charge is 2.11. The molecule has 1 amide bonds. The van der Waals surface area contributed by atoms with Crippen molar-refractivity contribution < 1.29 is 18.7 Å². The third-order valence-electron chi connectivity index (χ3n) is 4.48. The smallest absolute Gasteiger partial charge is 0.331 e. The second-order valence-electron chi connectivity index (χ2n) is 6.68. The summed E-state index contributed by atoms with van der Waals surface area (Å²) >= 11 is 0. The van der Waals surface area contributed by atoms with Gasteiger partial charge in [0.05, 0.1) is 11.4 Å². The molecule has 0 aliphatic carbocycles. The molecule has 0 aliphatic heterocycles. The third kappa shape index (κ3) is 5.41. The van der Waals surface area contributed by atoms with Crippen molar-refractivity contribution in [1.82, 2.24) is 15.1 Å². The summed E-state index contributed by atoms with van der Waals surface area (Å²) in [5.41, 5.74) is 4.16. The first-order valence-corrected chi connectivity index (χ1v) is 9.41. The SMILES string of the molecule is Cc1nn(-c2ccccc2)c(C)c1/C=C/C(=O)OCC(=O)NCc1ccc(F)cc1. The highest BCUT2D eigenvalue weighted by Crippen LogP contribution is 2.19. The molecule has 0 saturated heterocycles. The molecule has 2 aromatic carbocycles. The van der Waals surface area contributed by atoms with Crippen LogP contribution >= 0.6 is 0 Å². The number of aromatic nitrogens is 2. The maximum absolute atomic E-state index is 12.9. The van der Waals surface area contributed by atoms with Gasteiger partial charge in [0.2, 0.25) is 0 Å². The summed E-state index contributed by atoms with van der Waals surface area (Å²) in [6.45, 7) is 3.61. The van der Waals surface area contributed by atoms with Crippen molar-refractivity contribution in [2.75, 3.05) is 6.61 Å². The number of hydrogen-bond acceptors (Lipinski definition) is 4. The lowest BCUT2D eigenvalue weighted by Crippen LogP contribution is -2.28. The first-order valence-electron chi connectivity index (χ1n) is 9.41. The van der Waals surface area contributed by atoms with Crippen LogP contribution in [0.15, 0.2) is 60.7 Å². The van der Waals surface area contributed by atoms with Crippen LogP contribution in [0.4, 0.5) is 4.39 Å². The number of benzene rings is 2. The van der Waals surface area contributed by atoms with Crippen LogP contribution in [0, 0.1) is 19.7 Å². The van der Waals surface area contributed by atoms with Gasteiger partial charge in [-0.05, 0) is 49.8 Å². The average molecular weight is 407 g/mol. The minimum absolute atomic E-state index is 0.226. The van der Waals surface area contributed by atoms with Gasteiger partial charge in [0.25, 0.3) is 5.91 Å². The van der Waals surface area contributed by atoms with Gasteiger partial charge in [0, 0.05) is 23.9 Å². The topological polar surface area (TPSA) is 73.2 Å². The molecule has 0 spiro atoms.